The van der Waals surface area contributed by atoms with Crippen molar-refractivity contribution in [3.63, 3.8) is 0 Å². The Kier molecular flexibility index (Phi) is 6.96. The van der Waals surface area contributed by atoms with Crippen LogP contribution in [-0.2, 0) is 4.74 Å². The standard InChI is InChI=1S/C17H36N2O/c1-7-17(5,13-18-16(2,3)4)14-19(6)10-11-20-12-15-8-9-15/h15,18H,7-14H2,1-6H3. The summed E-state index contributed by atoms with van der Waals surface area (Å²) in [7, 11) is 2.21. The lowest BCUT2D eigenvalue weighted by Gasteiger charge is -2.36. The third-order valence-electron chi connectivity index (χ3n) is 4.22. The smallest absolute Gasteiger partial charge is 0.0593 e. The Hall–Kier alpha value is -0.120. The highest BCUT2D eigenvalue weighted by molar-refractivity contribution is 4.82. The molecule has 0 spiro atoms. The molecule has 0 bridgehead atoms. The summed E-state index contributed by atoms with van der Waals surface area (Å²) in [5, 5.41) is 3.65. The maximum Gasteiger partial charge on any atom is 0.0593 e. The second-order valence-electron chi connectivity index (χ2n) is 8.02. The van der Waals surface area contributed by atoms with Crippen molar-refractivity contribution in [1.29, 1.82) is 0 Å². The molecule has 120 valence electrons. The van der Waals surface area contributed by atoms with Crippen molar-refractivity contribution in [2.45, 2.75) is 59.4 Å². The quantitative estimate of drug-likeness (QED) is 0.624. The molecule has 1 aliphatic rings. The molecular weight excluding hydrogens is 248 g/mol. The van der Waals surface area contributed by atoms with E-state index in [1.165, 1.54) is 19.3 Å². The molecule has 1 aliphatic carbocycles. The first-order chi connectivity index (χ1) is 9.24. The first kappa shape index (κ1) is 17.9. The second-order valence-corrected chi connectivity index (χ2v) is 8.02. The van der Waals surface area contributed by atoms with Gasteiger partial charge in [-0.2, -0.15) is 0 Å². The van der Waals surface area contributed by atoms with Crippen LogP contribution in [0.1, 0.15) is 53.9 Å². The van der Waals surface area contributed by atoms with Crippen LogP contribution in [0.5, 0.6) is 0 Å². The molecule has 1 fully saturated rings. The fourth-order valence-electron chi connectivity index (χ4n) is 2.26. The van der Waals surface area contributed by atoms with E-state index in [0.29, 0.717) is 5.41 Å². The minimum atomic E-state index is 0.197. The summed E-state index contributed by atoms with van der Waals surface area (Å²) in [6.07, 6.45) is 3.95. The molecule has 20 heavy (non-hydrogen) atoms. The summed E-state index contributed by atoms with van der Waals surface area (Å²) in [6.45, 7) is 16.5. The highest BCUT2D eigenvalue weighted by Crippen LogP contribution is 2.28. The largest absolute Gasteiger partial charge is 0.380 e. The zero-order valence-electron chi connectivity index (χ0n) is 14.6. The third-order valence-corrected chi connectivity index (χ3v) is 4.22. The van der Waals surface area contributed by atoms with Gasteiger partial charge in [-0.05, 0) is 58.4 Å². The molecule has 3 heteroatoms. The van der Waals surface area contributed by atoms with Crippen LogP contribution in [0.25, 0.3) is 0 Å². The molecule has 1 N–H and O–H groups in total. The Bertz CT molecular complexity index is 271. The van der Waals surface area contributed by atoms with Crippen LogP contribution in [0, 0.1) is 11.3 Å². The predicted molar refractivity (Wildman–Crippen MR) is 87.2 cm³/mol. The van der Waals surface area contributed by atoms with Gasteiger partial charge in [0.1, 0.15) is 0 Å². The number of nitrogens with one attached hydrogen (secondary N) is 1. The SMILES string of the molecule is CCC(C)(CNC(C)(C)C)CN(C)CCOCC1CC1. The van der Waals surface area contributed by atoms with E-state index in [0.717, 1.165) is 38.8 Å². The Balaban J connectivity index is 2.21. The molecule has 0 aromatic rings. The Morgan fingerprint density at radius 3 is 2.35 bits per heavy atom. The minimum absolute atomic E-state index is 0.197. The number of ether oxygens (including phenoxy) is 1. The number of nitrogens with zero attached hydrogens (tertiary/aromatic N) is 1. The van der Waals surface area contributed by atoms with Crippen LogP contribution in [0.2, 0.25) is 0 Å². The summed E-state index contributed by atoms with van der Waals surface area (Å²) in [4.78, 5) is 2.42. The average Bonchev–Trinajstić information content (AvgIpc) is 3.15. The van der Waals surface area contributed by atoms with Crippen LogP contribution in [-0.4, -0.2) is 50.3 Å². The van der Waals surface area contributed by atoms with Crippen molar-refractivity contribution in [1.82, 2.24) is 10.2 Å². The first-order valence-corrected chi connectivity index (χ1v) is 8.25. The number of hydrogen-bond acceptors (Lipinski definition) is 3. The topological polar surface area (TPSA) is 24.5 Å². The van der Waals surface area contributed by atoms with Crippen LogP contribution < -0.4 is 5.32 Å². The maximum absolute atomic E-state index is 5.73. The molecule has 0 aromatic heterocycles. The highest BCUT2D eigenvalue weighted by Gasteiger charge is 2.26. The number of likely N-dealkylation sites (N-methyl/N-ethyl adjacent to an activating group) is 1. The van der Waals surface area contributed by atoms with Gasteiger partial charge in [0, 0.05) is 31.8 Å². The summed E-state index contributed by atoms with van der Waals surface area (Å²) < 4.78 is 5.73. The van der Waals surface area contributed by atoms with Gasteiger partial charge in [-0.25, -0.2) is 0 Å². The third kappa shape index (κ3) is 8.23. The molecule has 1 atom stereocenters. The second kappa shape index (κ2) is 7.77. The van der Waals surface area contributed by atoms with Gasteiger partial charge < -0.3 is 15.0 Å². The lowest BCUT2D eigenvalue weighted by molar-refractivity contribution is 0.0867. The fourth-order valence-corrected chi connectivity index (χ4v) is 2.26. The molecule has 1 saturated carbocycles. The van der Waals surface area contributed by atoms with Gasteiger partial charge in [0.05, 0.1) is 6.61 Å². The van der Waals surface area contributed by atoms with Gasteiger partial charge in [-0.3, -0.25) is 0 Å². The molecule has 3 nitrogen and oxygen atoms in total. The zero-order valence-corrected chi connectivity index (χ0v) is 14.6. The van der Waals surface area contributed by atoms with E-state index in [-0.39, 0.29) is 5.54 Å². The lowest BCUT2D eigenvalue weighted by atomic mass is 9.86. The van der Waals surface area contributed by atoms with E-state index in [1.807, 2.05) is 0 Å². The van der Waals surface area contributed by atoms with E-state index in [2.05, 4.69) is 51.9 Å². The average molecular weight is 284 g/mol. The Morgan fingerprint density at radius 2 is 1.85 bits per heavy atom. The van der Waals surface area contributed by atoms with Crippen molar-refractivity contribution in [3.8, 4) is 0 Å². The first-order valence-electron chi connectivity index (χ1n) is 8.25. The van der Waals surface area contributed by atoms with Crippen molar-refractivity contribution in [3.05, 3.63) is 0 Å². The predicted octanol–water partition coefficient (Wildman–Crippen LogP) is 3.15. The highest BCUT2D eigenvalue weighted by atomic mass is 16.5. The molecule has 1 rings (SSSR count). The number of rotatable bonds is 10. The van der Waals surface area contributed by atoms with Gasteiger partial charge >= 0.3 is 0 Å². The molecule has 0 aliphatic heterocycles. The molecule has 0 amide bonds. The van der Waals surface area contributed by atoms with Crippen LogP contribution >= 0.6 is 0 Å². The van der Waals surface area contributed by atoms with Crippen LogP contribution in [0.3, 0.4) is 0 Å². The lowest BCUT2D eigenvalue weighted by Crippen LogP contribution is -2.47. The van der Waals surface area contributed by atoms with Gasteiger partial charge in [0.15, 0.2) is 0 Å². The molecule has 0 radical (unpaired) electrons. The fraction of sp³-hybridized carbons (Fsp3) is 1.00. The van der Waals surface area contributed by atoms with Crippen molar-refractivity contribution >= 4 is 0 Å². The minimum Gasteiger partial charge on any atom is -0.380 e. The van der Waals surface area contributed by atoms with Gasteiger partial charge in [-0.15, -0.1) is 0 Å². The van der Waals surface area contributed by atoms with Crippen molar-refractivity contribution in [2.24, 2.45) is 11.3 Å². The summed E-state index contributed by atoms with van der Waals surface area (Å²) in [5.41, 5.74) is 0.529. The molecule has 0 aromatic carbocycles. The molecule has 0 heterocycles. The zero-order chi connectivity index (χ0) is 15.2. The van der Waals surface area contributed by atoms with E-state index >= 15 is 0 Å². The van der Waals surface area contributed by atoms with Crippen LogP contribution in [0.4, 0.5) is 0 Å². The van der Waals surface area contributed by atoms with Gasteiger partial charge in [0.2, 0.25) is 0 Å². The summed E-state index contributed by atoms with van der Waals surface area (Å²) >= 11 is 0. The Morgan fingerprint density at radius 1 is 1.20 bits per heavy atom. The molecule has 1 unspecified atom stereocenters. The van der Waals surface area contributed by atoms with Gasteiger partial charge in [0.25, 0.3) is 0 Å². The number of hydrogen-bond donors (Lipinski definition) is 1. The molecule has 0 saturated heterocycles. The van der Waals surface area contributed by atoms with E-state index in [9.17, 15) is 0 Å². The van der Waals surface area contributed by atoms with E-state index in [1.54, 1.807) is 0 Å². The van der Waals surface area contributed by atoms with E-state index in [4.69, 9.17) is 4.74 Å². The summed E-state index contributed by atoms with van der Waals surface area (Å²) in [6, 6.07) is 0. The summed E-state index contributed by atoms with van der Waals surface area (Å²) in [5.74, 6) is 0.872. The maximum atomic E-state index is 5.73. The van der Waals surface area contributed by atoms with Crippen LogP contribution in [0.15, 0.2) is 0 Å². The Labute approximate surface area is 126 Å². The molecular formula is C17H36N2O. The monoisotopic (exact) mass is 284 g/mol. The van der Waals surface area contributed by atoms with E-state index < -0.39 is 0 Å². The normalized spacial score (nSPS) is 19.4. The van der Waals surface area contributed by atoms with Gasteiger partial charge in [-0.1, -0.05) is 13.8 Å². The van der Waals surface area contributed by atoms with Crippen molar-refractivity contribution in [2.75, 3.05) is 39.9 Å². The van der Waals surface area contributed by atoms with Crippen molar-refractivity contribution < 1.29 is 4.74 Å².